The van der Waals surface area contributed by atoms with Gasteiger partial charge in [0.2, 0.25) is 0 Å². The van der Waals surface area contributed by atoms with E-state index in [0.29, 0.717) is 0 Å². The fourth-order valence-electron chi connectivity index (χ4n) is 2.63. The number of hydrogen-bond donors (Lipinski definition) is 1. The average Bonchev–Trinajstić information content (AvgIpc) is 3.00. The molecule has 112 valence electrons. The van der Waals surface area contributed by atoms with Gasteiger partial charge >= 0.3 is 0 Å². The van der Waals surface area contributed by atoms with Gasteiger partial charge in [-0.15, -0.1) is 0 Å². The minimum atomic E-state index is 0.877. The lowest BCUT2D eigenvalue weighted by Crippen LogP contribution is -2.21. The van der Waals surface area contributed by atoms with E-state index in [0.717, 1.165) is 32.7 Å². The third-order valence-electron chi connectivity index (χ3n) is 3.78. The maximum absolute atomic E-state index is 5.68. The van der Waals surface area contributed by atoms with E-state index in [9.17, 15) is 0 Å². The van der Waals surface area contributed by atoms with Crippen molar-refractivity contribution in [2.75, 3.05) is 39.4 Å². The van der Waals surface area contributed by atoms with Crippen LogP contribution in [-0.4, -0.2) is 44.3 Å². The van der Waals surface area contributed by atoms with Crippen molar-refractivity contribution in [1.82, 2.24) is 10.2 Å². The SMILES string of the molecule is c1ccc(CNCCCOCCCN2CCCC2)cc1. The van der Waals surface area contributed by atoms with E-state index < -0.39 is 0 Å². The summed E-state index contributed by atoms with van der Waals surface area (Å²) < 4.78 is 5.68. The number of rotatable bonds is 10. The third kappa shape index (κ3) is 6.51. The highest BCUT2D eigenvalue weighted by atomic mass is 16.5. The van der Waals surface area contributed by atoms with Crippen LogP contribution in [0.4, 0.5) is 0 Å². The standard InChI is InChI=1S/C17H28N2O/c1-2-8-17(9-3-1)16-18-10-6-14-20-15-7-13-19-11-4-5-12-19/h1-3,8-9,18H,4-7,10-16H2. The quantitative estimate of drug-likeness (QED) is 0.665. The second kappa shape index (κ2) is 9.92. The van der Waals surface area contributed by atoms with Gasteiger partial charge in [-0.1, -0.05) is 30.3 Å². The molecule has 0 radical (unpaired) electrons. The molecule has 3 nitrogen and oxygen atoms in total. The predicted octanol–water partition coefficient (Wildman–Crippen LogP) is 2.67. The summed E-state index contributed by atoms with van der Waals surface area (Å²) in [5, 5.41) is 3.45. The number of likely N-dealkylation sites (tertiary alicyclic amines) is 1. The van der Waals surface area contributed by atoms with Crippen LogP contribution < -0.4 is 5.32 Å². The number of benzene rings is 1. The first-order valence-electron chi connectivity index (χ1n) is 8.00. The molecule has 0 aromatic heterocycles. The largest absolute Gasteiger partial charge is 0.381 e. The average molecular weight is 276 g/mol. The van der Waals surface area contributed by atoms with Gasteiger partial charge in [-0.2, -0.15) is 0 Å². The minimum Gasteiger partial charge on any atom is -0.381 e. The molecule has 3 heteroatoms. The Morgan fingerprint density at radius 1 is 1.00 bits per heavy atom. The molecule has 1 aromatic carbocycles. The smallest absolute Gasteiger partial charge is 0.0478 e. The Balaban J connectivity index is 1.35. The predicted molar refractivity (Wildman–Crippen MR) is 83.9 cm³/mol. The van der Waals surface area contributed by atoms with Gasteiger partial charge in [-0.3, -0.25) is 0 Å². The second-order valence-electron chi connectivity index (χ2n) is 5.53. The van der Waals surface area contributed by atoms with Crippen molar-refractivity contribution >= 4 is 0 Å². The molecule has 0 spiro atoms. The Morgan fingerprint density at radius 3 is 2.55 bits per heavy atom. The Hall–Kier alpha value is -0.900. The molecule has 0 unspecified atom stereocenters. The van der Waals surface area contributed by atoms with Crippen molar-refractivity contribution < 1.29 is 4.74 Å². The van der Waals surface area contributed by atoms with Crippen molar-refractivity contribution in [1.29, 1.82) is 0 Å². The summed E-state index contributed by atoms with van der Waals surface area (Å²) in [5.41, 5.74) is 1.35. The van der Waals surface area contributed by atoms with Gasteiger partial charge in [0.25, 0.3) is 0 Å². The van der Waals surface area contributed by atoms with Crippen LogP contribution in [0.15, 0.2) is 30.3 Å². The highest BCUT2D eigenvalue weighted by Gasteiger charge is 2.09. The van der Waals surface area contributed by atoms with Crippen molar-refractivity contribution in [3.8, 4) is 0 Å². The molecule has 1 saturated heterocycles. The van der Waals surface area contributed by atoms with Crippen LogP contribution in [0.25, 0.3) is 0 Å². The van der Waals surface area contributed by atoms with E-state index >= 15 is 0 Å². The fraction of sp³-hybridized carbons (Fsp3) is 0.647. The van der Waals surface area contributed by atoms with E-state index in [-0.39, 0.29) is 0 Å². The van der Waals surface area contributed by atoms with Crippen molar-refractivity contribution in [2.45, 2.75) is 32.2 Å². The van der Waals surface area contributed by atoms with Crippen molar-refractivity contribution in [3.05, 3.63) is 35.9 Å². The summed E-state index contributed by atoms with van der Waals surface area (Å²) in [6.45, 7) is 7.58. The summed E-state index contributed by atoms with van der Waals surface area (Å²) in [6.07, 6.45) is 5.04. The van der Waals surface area contributed by atoms with E-state index in [1.54, 1.807) is 0 Å². The molecule has 0 aliphatic carbocycles. The molecule has 1 aliphatic rings. The molecule has 0 atom stereocenters. The lowest BCUT2D eigenvalue weighted by molar-refractivity contribution is 0.121. The van der Waals surface area contributed by atoms with Crippen LogP contribution in [0.3, 0.4) is 0 Å². The van der Waals surface area contributed by atoms with Crippen LogP contribution in [0, 0.1) is 0 Å². The van der Waals surface area contributed by atoms with Crippen LogP contribution in [-0.2, 0) is 11.3 Å². The maximum Gasteiger partial charge on any atom is 0.0478 e. The zero-order valence-electron chi connectivity index (χ0n) is 12.5. The lowest BCUT2D eigenvalue weighted by atomic mass is 10.2. The Labute approximate surface area is 123 Å². The van der Waals surface area contributed by atoms with Crippen LogP contribution in [0.1, 0.15) is 31.2 Å². The molecule has 0 saturated carbocycles. The van der Waals surface area contributed by atoms with Gasteiger partial charge in [0.15, 0.2) is 0 Å². The molecule has 1 heterocycles. The first-order valence-corrected chi connectivity index (χ1v) is 8.00. The number of hydrogen-bond acceptors (Lipinski definition) is 3. The highest BCUT2D eigenvalue weighted by molar-refractivity contribution is 5.14. The van der Waals surface area contributed by atoms with Gasteiger partial charge in [-0.05, 0) is 50.9 Å². The van der Waals surface area contributed by atoms with Gasteiger partial charge in [-0.25, -0.2) is 0 Å². The number of ether oxygens (including phenoxy) is 1. The first-order chi connectivity index (χ1) is 9.95. The normalized spacial score (nSPS) is 15.8. The Kier molecular flexibility index (Phi) is 7.68. The number of nitrogens with one attached hydrogen (secondary N) is 1. The molecule has 0 amide bonds. The van der Waals surface area contributed by atoms with Crippen molar-refractivity contribution in [3.63, 3.8) is 0 Å². The second-order valence-corrected chi connectivity index (χ2v) is 5.53. The Bertz CT molecular complexity index is 336. The van der Waals surface area contributed by atoms with Crippen LogP contribution in [0.2, 0.25) is 0 Å². The molecule has 2 rings (SSSR count). The molecule has 0 bridgehead atoms. The first kappa shape index (κ1) is 15.5. The third-order valence-corrected chi connectivity index (χ3v) is 3.78. The Morgan fingerprint density at radius 2 is 1.75 bits per heavy atom. The van der Waals surface area contributed by atoms with Gasteiger partial charge in [0.1, 0.15) is 0 Å². The van der Waals surface area contributed by atoms with E-state index in [4.69, 9.17) is 4.74 Å². The summed E-state index contributed by atoms with van der Waals surface area (Å²) >= 11 is 0. The zero-order valence-corrected chi connectivity index (χ0v) is 12.5. The van der Waals surface area contributed by atoms with E-state index in [1.807, 2.05) is 0 Å². The minimum absolute atomic E-state index is 0.877. The zero-order chi connectivity index (χ0) is 13.9. The summed E-state index contributed by atoms with van der Waals surface area (Å²) in [6, 6.07) is 10.5. The molecule has 1 N–H and O–H groups in total. The monoisotopic (exact) mass is 276 g/mol. The molecule has 1 fully saturated rings. The number of nitrogens with zero attached hydrogens (tertiary/aromatic N) is 1. The molecular formula is C17H28N2O. The summed E-state index contributed by atoms with van der Waals surface area (Å²) in [4.78, 5) is 2.55. The summed E-state index contributed by atoms with van der Waals surface area (Å²) in [5.74, 6) is 0. The van der Waals surface area contributed by atoms with Crippen LogP contribution >= 0.6 is 0 Å². The molecule has 1 aromatic rings. The van der Waals surface area contributed by atoms with E-state index in [1.165, 1.54) is 44.5 Å². The summed E-state index contributed by atoms with van der Waals surface area (Å²) in [7, 11) is 0. The van der Waals surface area contributed by atoms with Gasteiger partial charge in [0, 0.05) is 26.3 Å². The van der Waals surface area contributed by atoms with Gasteiger partial charge < -0.3 is 15.0 Å². The lowest BCUT2D eigenvalue weighted by Gasteiger charge is -2.14. The molecule has 1 aliphatic heterocycles. The van der Waals surface area contributed by atoms with Crippen LogP contribution in [0.5, 0.6) is 0 Å². The highest BCUT2D eigenvalue weighted by Crippen LogP contribution is 2.07. The van der Waals surface area contributed by atoms with Gasteiger partial charge in [0.05, 0.1) is 0 Å². The topological polar surface area (TPSA) is 24.5 Å². The maximum atomic E-state index is 5.68. The molecule has 20 heavy (non-hydrogen) atoms. The van der Waals surface area contributed by atoms with Crippen molar-refractivity contribution in [2.24, 2.45) is 0 Å². The van der Waals surface area contributed by atoms with E-state index in [2.05, 4.69) is 40.5 Å². The molecular weight excluding hydrogens is 248 g/mol. The fourth-order valence-corrected chi connectivity index (χ4v) is 2.63.